The lowest BCUT2D eigenvalue weighted by Crippen LogP contribution is -2.13. The molecule has 27 heavy (non-hydrogen) atoms. The summed E-state index contributed by atoms with van der Waals surface area (Å²) in [6.07, 6.45) is 2.92. The van der Waals surface area contributed by atoms with E-state index in [1.165, 1.54) is 16.7 Å². The second-order valence-corrected chi connectivity index (χ2v) is 6.20. The van der Waals surface area contributed by atoms with E-state index in [2.05, 4.69) is 61.2 Å². The van der Waals surface area contributed by atoms with E-state index >= 15 is 0 Å². The van der Waals surface area contributed by atoms with Crippen molar-refractivity contribution in [3.63, 3.8) is 0 Å². The fourth-order valence-corrected chi connectivity index (χ4v) is 2.42. The first-order valence-electron chi connectivity index (χ1n) is 9.93. The summed E-state index contributed by atoms with van der Waals surface area (Å²) < 4.78 is 0. The molecule has 1 unspecified atom stereocenters. The van der Waals surface area contributed by atoms with Crippen LogP contribution >= 0.6 is 0 Å². The summed E-state index contributed by atoms with van der Waals surface area (Å²) in [6.45, 7) is 9.81. The Kier molecular flexibility index (Phi) is 13.4. The Morgan fingerprint density at radius 3 is 1.81 bits per heavy atom. The molecule has 0 saturated carbocycles. The van der Waals surface area contributed by atoms with Crippen LogP contribution in [-0.2, 0) is 16.0 Å². The van der Waals surface area contributed by atoms with E-state index in [0.29, 0.717) is 18.6 Å². The van der Waals surface area contributed by atoms with Gasteiger partial charge in [0, 0.05) is 18.8 Å². The Morgan fingerprint density at radius 1 is 0.889 bits per heavy atom. The van der Waals surface area contributed by atoms with Crippen molar-refractivity contribution in [2.75, 3.05) is 0 Å². The van der Waals surface area contributed by atoms with Crippen molar-refractivity contribution in [3.8, 4) is 11.1 Å². The van der Waals surface area contributed by atoms with Crippen molar-refractivity contribution in [1.29, 1.82) is 0 Å². The normalized spacial score (nSPS) is 10.6. The van der Waals surface area contributed by atoms with Crippen molar-refractivity contribution in [3.05, 3.63) is 60.2 Å². The summed E-state index contributed by atoms with van der Waals surface area (Å²) in [5, 5.41) is 0. The average molecular weight is 370 g/mol. The molecule has 2 aromatic rings. The van der Waals surface area contributed by atoms with Gasteiger partial charge in [-0.1, -0.05) is 89.2 Å². The number of rotatable bonds is 7. The van der Waals surface area contributed by atoms with Gasteiger partial charge in [-0.2, -0.15) is 0 Å². The van der Waals surface area contributed by atoms with Gasteiger partial charge in [0.25, 0.3) is 0 Å². The zero-order valence-corrected chi connectivity index (χ0v) is 17.5. The number of primary amides is 1. The number of benzene rings is 2. The Balaban J connectivity index is 0.000000838. The average Bonchev–Trinajstić information content (AvgIpc) is 2.71. The smallest absolute Gasteiger partial charge is 0.217 e. The van der Waals surface area contributed by atoms with Crippen molar-refractivity contribution < 1.29 is 9.59 Å². The standard InChI is InChI=1S/C19H22O.C3H7NO.C2H6/c1-3-7-19(20)15(2)14-16-10-12-18(13-11-16)17-8-5-4-6-9-17;1-2-3(4)5;1-2/h4-6,8-13,15H,3,7,14H2,1-2H3;2H2,1H3,(H2,4,5);1-2H3. The third-order valence-corrected chi connectivity index (χ3v) is 4.00. The lowest BCUT2D eigenvalue weighted by Gasteiger charge is -2.10. The second kappa shape index (κ2) is 14.7. The van der Waals surface area contributed by atoms with Crippen molar-refractivity contribution in [1.82, 2.24) is 0 Å². The van der Waals surface area contributed by atoms with Crippen LogP contribution in [0.1, 0.15) is 59.4 Å². The molecule has 2 N–H and O–H groups in total. The monoisotopic (exact) mass is 369 g/mol. The van der Waals surface area contributed by atoms with Crippen LogP contribution < -0.4 is 5.73 Å². The first-order valence-corrected chi connectivity index (χ1v) is 9.93. The Labute approximate surface area is 165 Å². The minimum atomic E-state index is -0.245. The molecule has 0 spiro atoms. The maximum Gasteiger partial charge on any atom is 0.217 e. The molecule has 3 heteroatoms. The van der Waals surface area contributed by atoms with Gasteiger partial charge in [-0.3, -0.25) is 9.59 Å². The summed E-state index contributed by atoms with van der Waals surface area (Å²) in [5.41, 5.74) is 8.35. The number of Topliss-reactive ketones (excluding diaryl/α,β-unsaturated/α-hetero) is 1. The van der Waals surface area contributed by atoms with Crippen LogP contribution in [0, 0.1) is 5.92 Å². The second-order valence-electron chi connectivity index (χ2n) is 6.20. The van der Waals surface area contributed by atoms with Gasteiger partial charge in [-0.25, -0.2) is 0 Å². The highest BCUT2D eigenvalue weighted by Crippen LogP contribution is 2.20. The lowest BCUT2D eigenvalue weighted by atomic mass is 9.93. The molecule has 2 rings (SSSR count). The molecule has 0 aliphatic rings. The van der Waals surface area contributed by atoms with Crippen LogP contribution in [0.15, 0.2) is 54.6 Å². The van der Waals surface area contributed by atoms with E-state index in [4.69, 9.17) is 0 Å². The number of ketones is 1. The molecule has 0 saturated heterocycles. The third-order valence-electron chi connectivity index (χ3n) is 4.00. The molecule has 0 heterocycles. The molecular formula is C24H35NO2. The summed E-state index contributed by atoms with van der Waals surface area (Å²) >= 11 is 0. The van der Waals surface area contributed by atoms with Gasteiger partial charge in [-0.15, -0.1) is 0 Å². The van der Waals surface area contributed by atoms with Gasteiger partial charge in [0.05, 0.1) is 0 Å². The van der Waals surface area contributed by atoms with E-state index in [9.17, 15) is 9.59 Å². The molecule has 2 aromatic carbocycles. The molecule has 0 aliphatic carbocycles. The summed E-state index contributed by atoms with van der Waals surface area (Å²) in [5.74, 6) is 0.252. The summed E-state index contributed by atoms with van der Waals surface area (Å²) in [7, 11) is 0. The van der Waals surface area contributed by atoms with Crippen LogP contribution in [0.3, 0.4) is 0 Å². The number of carbonyl (C=O) groups is 2. The van der Waals surface area contributed by atoms with Gasteiger partial charge >= 0.3 is 0 Å². The minimum absolute atomic E-state index is 0.123. The molecule has 3 nitrogen and oxygen atoms in total. The van der Waals surface area contributed by atoms with Gasteiger partial charge in [0.2, 0.25) is 5.91 Å². The van der Waals surface area contributed by atoms with Crippen LogP contribution in [-0.4, -0.2) is 11.7 Å². The highest BCUT2D eigenvalue weighted by molar-refractivity contribution is 5.80. The minimum Gasteiger partial charge on any atom is -0.370 e. The molecule has 0 bridgehead atoms. The Bertz CT molecular complexity index is 648. The van der Waals surface area contributed by atoms with E-state index in [0.717, 1.165) is 12.8 Å². The SMILES string of the molecule is CC.CCC(N)=O.CCCC(=O)C(C)Cc1ccc(-c2ccccc2)cc1. The number of hydrogen-bond donors (Lipinski definition) is 1. The molecule has 0 fully saturated rings. The number of amides is 1. The maximum atomic E-state index is 11.8. The zero-order chi connectivity index (χ0) is 20.7. The molecule has 148 valence electrons. The number of nitrogens with two attached hydrogens (primary N) is 1. The first kappa shape index (κ1) is 24.6. The van der Waals surface area contributed by atoms with Crippen molar-refractivity contribution >= 4 is 11.7 Å². The van der Waals surface area contributed by atoms with Gasteiger partial charge in [-0.05, 0) is 29.5 Å². The van der Waals surface area contributed by atoms with Crippen molar-refractivity contribution in [2.24, 2.45) is 11.7 Å². The fourth-order valence-electron chi connectivity index (χ4n) is 2.42. The molecule has 0 radical (unpaired) electrons. The van der Waals surface area contributed by atoms with Crippen LogP contribution in [0.25, 0.3) is 11.1 Å². The van der Waals surface area contributed by atoms with E-state index < -0.39 is 0 Å². The number of carbonyl (C=O) groups excluding carboxylic acids is 2. The predicted octanol–water partition coefficient (Wildman–Crippen LogP) is 5.81. The maximum absolute atomic E-state index is 11.8. The van der Waals surface area contributed by atoms with Crippen LogP contribution in [0.5, 0.6) is 0 Å². The van der Waals surface area contributed by atoms with Crippen LogP contribution in [0.2, 0.25) is 0 Å². The van der Waals surface area contributed by atoms with E-state index in [-0.39, 0.29) is 11.8 Å². The fraction of sp³-hybridized carbons (Fsp3) is 0.417. The molecule has 0 aromatic heterocycles. The van der Waals surface area contributed by atoms with Gasteiger partial charge in [0.15, 0.2) is 0 Å². The molecule has 1 atom stereocenters. The third kappa shape index (κ3) is 10.3. The van der Waals surface area contributed by atoms with Gasteiger partial charge in [0.1, 0.15) is 5.78 Å². The first-order chi connectivity index (χ1) is 13.0. The van der Waals surface area contributed by atoms with Crippen molar-refractivity contribution in [2.45, 2.75) is 60.3 Å². The van der Waals surface area contributed by atoms with E-state index in [1.807, 2.05) is 26.8 Å². The molecule has 0 aliphatic heterocycles. The Morgan fingerprint density at radius 2 is 1.37 bits per heavy atom. The van der Waals surface area contributed by atoms with E-state index in [1.54, 1.807) is 6.92 Å². The predicted molar refractivity (Wildman–Crippen MR) is 115 cm³/mol. The molecule has 1 amide bonds. The molecular weight excluding hydrogens is 334 g/mol. The van der Waals surface area contributed by atoms with Gasteiger partial charge < -0.3 is 5.73 Å². The topological polar surface area (TPSA) is 60.2 Å². The quantitative estimate of drug-likeness (QED) is 0.669. The largest absolute Gasteiger partial charge is 0.370 e. The summed E-state index contributed by atoms with van der Waals surface area (Å²) in [6, 6.07) is 18.9. The Hall–Kier alpha value is -2.42. The highest BCUT2D eigenvalue weighted by atomic mass is 16.1. The summed E-state index contributed by atoms with van der Waals surface area (Å²) in [4.78, 5) is 21.4. The highest BCUT2D eigenvalue weighted by Gasteiger charge is 2.12. The number of hydrogen-bond acceptors (Lipinski definition) is 2. The van der Waals surface area contributed by atoms with Crippen LogP contribution in [0.4, 0.5) is 0 Å². The zero-order valence-electron chi connectivity index (χ0n) is 17.5. The lowest BCUT2D eigenvalue weighted by molar-refractivity contribution is -0.122.